The molecule has 0 bridgehead atoms. The summed E-state index contributed by atoms with van der Waals surface area (Å²) in [6.45, 7) is 4.61. The summed E-state index contributed by atoms with van der Waals surface area (Å²) < 4.78 is 10.8. The first kappa shape index (κ1) is 26.8. The molecule has 0 fully saturated rings. The Morgan fingerprint density at radius 2 is 1.45 bits per heavy atom. The van der Waals surface area contributed by atoms with Crippen molar-refractivity contribution in [2.75, 3.05) is 6.61 Å². The molecule has 1 atom stereocenters. The third-order valence-electron chi connectivity index (χ3n) is 5.22. The van der Waals surface area contributed by atoms with Gasteiger partial charge in [-0.3, -0.25) is 4.79 Å². The highest BCUT2D eigenvalue weighted by Crippen LogP contribution is 2.26. The number of aromatic hydroxyl groups is 2. The van der Waals surface area contributed by atoms with Crippen molar-refractivity contribution in [2.24, 2.45) is 0 Å². The van der Waals surface area contributed by atoms with Gasteiger partial charge < -0.3 is 19.7 Å². The van der Waals surface area contributed by atoms with Crippen LogP contribution in [0, 0.1) is 0 Å². The molecule has 0 saturated carbocycles. The van der Waals surface area contributed by atoms with Crippen molar-refractivity contribution in [2.45, 2.75) is 103 Å². The van der Waals surface area contributed by atoms with Crippen LogP contribution < -0.4 is 0 Å². The maximum absolute atomic E-state index is 12.6. The van der Waals surface area contributed by atoms with Crippen LogP contribution in [-0.4, -0.2) is 34.9 Å². The van der Waals surface area contributed by atoms with Gasteiger partial charge in [0.2, 0.25) is 6.10 Å². The minimum absolute atomic E-state index is 0.0880. The maximum Gasteiger partial charge on any atom is 0.347 e. The van der Waals surface area contributed by atoms with Crippen molar-refractivity contribution in [1.29, 1.82) is 0 Å². The normalized spacial score (nSPS) is 11.8. The molecule has 0 unspecified atom stereocenters. The molecule has 31 heavy (non-hydrogen) atoms. The topological polar surface area (TPSA) is 93.1 Å². The first-order valence-electron chi connectivity index (χ1n) is 11.8. The van der Waals surface area contributed by atoms with Crippen molar-refractivity contribution >= 4 is 11.9 Å². The predicted octanol–water partition coefficient (Wildman–Crippen LogP) is 5.82. The molecule has 0 amide bonds. The zero-order valence-corrected chi connectivity index (χ0v) is 19.2. The van der Waals surface area contributed by atoms with Crippen LogP contribution in [0.3, 0.4) is 0 Å². The molecule has 0 saturated heterocycles. The number of phenols is 2. The molecule has 2 N–H and O–H groups in total. The maximum atomic E-state index is 12.6. The Bertz CT molecular complexity index is 643. The van der Waals surface area contributed by atoms with Gasteiger partial charge in [-0.25, -0.2) is 4.79 Å². The van der Waals surface area contributed by atoms with Crippen LogP contribution >= 0.6 is 0 Å². The van der Waals surface area contributed by atoms with E-state index in [1.54, 1.807) is 6.07 Å². The van der Waals surface area contributed by atoms with Gasteiger partial charge in [0.15, 0.2) is 11.5 Å². The summed E-state index contributed by atoms with van der Waals surface area (Å²) >= 11 is 0. The van der Waals surface area contributed by atoms with E-state index in [-0.39, 0.29) is 24.3 Å². The van der Waals surface area contributed by atoms with Crippen molar-refractivity contribution < 1.29 is 29.3 Å². The molecule has 1 aromatic rings. The van der Waals surface area contributed by atoms with Gasteiger partial charge in [-0.05, 0) is 30.5 Å². The number of phenolic OH excluding ortho intramolecular Hbond substituents is 2. The fourth-order valence-corrected chi connectivity index (χ4v) is 3.32. The van der Waals surface area contributed by atoms with Crippen LogP contribution in [0.2, 0.25) is 0 Å². The fraction of sp³-hybridized carbons (Fsp3) is 0.680. The second-order valence-corrected chi connectivity index (χ2v) is 8.11. The molecule has 0 radical (unpaired) electrons. The van der Waals surface area contributed by atoms with Crippen LogP contribution in [0.5, 0.6) is 11.5 Å². The molecular weight excluding hydrogens is 396 g/mol. The van der Waals surface area contributed by atoms with Crippen molar-refractivity contribution in [3.63, 3.8) is 0 Å². The lowest BCUT2D eigenvalue weighted by Gasteiger charge is -2.17. The number of hydrogen-bond acceptors (Lipinski definition) is 6. The highest BCUT2D eigenvalue weighted by molar-refractivity contribution is 5.79. The van der Waals surface area contributed by atoms with Crippen LogP contribution in [0.25, 0.3) is 0 Å². The molecular formula is C25H40O6. The summed E-state index contributed by atoms with van der Waals surface area (Å²) in [7, 11) is 0. The SMILES string of the molecule is CCCCCCCCOC(=O)[C@@H](Cc1ccc(O)c(O)c1)OC(=O)CCCCCCC. The Balaban J connectivity index is 2.56. The fourth-order valence-electron chi connectivity index (χ4n) is 3.32. The molecule has 0 spiro atoms. The van der Waals surface area contributed by atoms with Gasteiger partial charge in [0, 0.05) is 12.8 Å². The standard InChI is InChI=1S/C25H40O6/c1-3-5-7-9-11-13-17-30-25(29)23(19-20-15-16-21(26)22(27)18-20)31-24(28)14-12-10-8-6-4-2/h15-16,18,23,26-27H,3-14,17,19H2,1-2H3/t23-/m1/s1. The number of carbonyl (C=O) groups is 2. The lowest BCUT2D eigenvalue weighted by molar-refractivity contribution is -0.168. The summed E-state index contributed by atoms with van der Waals surface area (Å²) in [6, 6.07) is 4.29. The Hall–Kier alpha value is -2.24. The molecule has 1 aromatic carbocycles. The minimum atomic E-state index is -1.06. The number of rotatable bonds is 17. The van der Waals surface area contributed by atoms with E-state index >= 15 is 0 Å². The number of benzene rings is 1. The summed E-state index contributed by atoms with van der Waals surface area (Å²) in [5, 5.41) is 19.2. The van der Waals surface area contributed by atoms with Gasteiger partial charge in [0.1, 0.15) is 0 Å². The van der Waals surface area contributed by atoms with Gasteiger partial charge in [-0.2, -0.15) is 0 Å². The summed E-state index contributed by atoms with van der Waals surface area (Å²) in [5.41, 5.74) is 0.576. The highest BCUT2D eigenvalue weighted by Gasteiger charge is 2.25. The molecule has 0 aliphatic rings. The van der Waals surface area contributed by atoms with Crippen LogP contribution in [0.4, 0.5) is 0 Å². The first-order valence-corrected chi connectivity index (χ1v) is 11.8. The Labute approximate surface area is 187 Å². The van der Waals surface area contributed by atoms with Crippen molar-refractivity contribution in [1.82, 2.24) is 0 Å². The number of esters is 2. The highest BCUT2D eigenvalue weighted by atomic mass is 16.6. The average Bonchev–Trinajstić information content (AvgIpc) is 2.75. The van der Waals surface area contributed by atoms with E-state index in [9.17, 15) is 19.8 Å². The lowest BCUT2D eigenvalue weighted by Crippen LogP contribution is -2.31. The third-order valence-corrected chi connectivity index (χ3v) is 5.22. The van der Waals surface area contributed by atoms with E-state index in [2.05, 4.69) is 13.8 Å². The van der Waals surface area contributed by atoms with E-state index < -0.39 is 18.0 Å². The van der Waals surface area contributed by atoms with Gasteiger partial charge in [-0.15, -0.1) is 0 Å². The van der Waals surface area contributed by atoms with Crippen LogP contribution in [0.1, 0.15) is 96.5 Å². The molecule has 0 heterocycles. The summed E-state index contributed by atoms with van der Waals surface area (Å²) in [6.07, 6.45) is 10.9. The largest absolute Gasteiger partial charge is 0.504 e. The van der Waals surface area contributed by atoms with Crippen molar-refractivity contribution in [3.05, 3.63) is 23.8 Å². The van der Waals surface area contributed by atoms with E-state index in [1.165, 1.54) is 31.4 Å². The molecule has 6 heteroatoms. The molecule has 176 valence electrons. The van der Waals surface area contributed by atoms with E-state index in [0.29, 0.717) is 12.2 Å². The number of hydrogen-bond donors (Lipinski definition) is 2. The predicted molar refractivity (Wildman–Crippen MR) is 121 cm³/mol. The second kappa shape index (κ2) is 16.5. The smallest absolute Gasteiger partial charge is 0.347 e. The zero-order chi connectivity index (χ0) is 22.9. The second-order valence-electron chi connectivity index (χ2n) is 8.11. The van der Waals surface area contributed by atoms with Crippen molar-refractivity contribution in [3.8, 4) is 11.5 Å². The lowest BCUT2D eigenvalue weighted by atomic mass is 10.1. The summed E-state index contributed by atoms with van der Waals surface area (Å²) in [5.74, 6) is -1.50. The van der Waals surface area contributed by atoms with Gasteiger partial charge in [-0.1, -0.05) is 77.7 Å². The Morgan fingerprint density at radius 1 is 0.839 bits per heavy atom. The van der Waals surface area contributed by atoms with Crippen LogP contribution in [0.15, 0.2) is 18.2 Å². The van der Waals surface area contributed by atoms with E-state index in [4.69, 9.17) is 9.47 Å². The summed E-state index contributed by atoms with van der Waals surface area (Å²) in [4.78, 5) is 24.8. The van der Waals surface area contributed by atoms with E-state index in [1.807, 2.05) is 0 Å². The van der Waals surface area contributed by atoms with Crippen LogP contribution in [-0.2, 0) is 25.5 Å². The van der Waals surface area contributed by atoms with E-state index in [0.717, 1.165) is 51.4 Å². The Kier molecular flexibility index (Phi) is 14.2. The average molecular weight is 437 g/mol. The number of unbranched alkanes of at least 4 members (excludes halogenated alkanes) is 9. The van der Waals surface area contributed by atoms with Gasteiger partial charge in [0.25, 0.3) is 0 Å². The number of carbonyl (C=O) groups excluding carboxylic acids is 2. The molecule has 0 aliphatic heterocycles. The molecule has 0 aromatic heterocycles. The minimum Gasteiger partial charge on any atom is -0.504 e. The monoisotopic (exact) mass is 436 g/mol. The molecule has 6 nitrogen and oxygen atoms in total. The third kappa shape index (κ3) is 12.3. The zero-order valence-electron chi connectivity index (χ0n) is 19.2. The molecule has 1 rings (SSSR count). The molecule has 0 aliphatic carbocycles. The van der Waals surface area contributed by atoms with Gasteiger partial charge in [0.05, 0.1) is 6.61 Å². The quantitative estimate of drug-likeness (QED) is 0.182. The first-order chi connectivity index (χ1) is 15.0. The number of ether oxygens (including phenoxy) is 2. The Morgan fingerprint density at radius 3 is 2.10 bits per heavy atom. The van der Waals surface area contributed by atoms with Gasteiger partial charge >= 0.3 is 11.9 Å².